The first kappa shape index (κ1) is 11.4. The summed E-state index contributed by atoms with van der Waals surface area (Å²) in [5.41, 5.74) is 0. The van der Waals surface area contributed by atoms with Crippen molar-refractivity contribution < 1.29 is 0 Å². The first-order valence-corrected chi connectivity index (χ1v) is 6.59. The van der Waals surface area contributed by atoms with Gasteiger partial charge in [-0.2, -0.15) is 0 Å². The van der Waals surface area contributed by atoms with E-state index in [1.807, 2.05) is 6.07 Å². The van der Waals surface area contributed by atoms with Crippen LogP contribution in [-0.2, 0) is 6.42 Å². The smallest absolute Gasteiger partial charge is 0.0931 e. The first-order valence-electron chi connectivity index (χ1n) is 5.40. The Balaban J connectivity index is 1.67. The van der Waals surface area contributed by atoms with Crippen LogP contribution < -0.4 is 5.32 Å². The summed E-state index contributed by atoms with van der Waals surface area (Å²) in [5, 5.41) is 3.59. The van der Waals surface area contributed by atoms with Crippen molar-refractivity contribution in [3.8, 4) is 0 Å². The Kier molecular flexibility index (Phi) is 4.03. The third-order valence-corrected chi connectivity index (χ3v) is 4.12. The van der Waals surface area contributed by atoms with Gasteiger partial charge in [0.25, 0.3) is 0 Å². The van der Waals surface area contributed by atoms with E-state index in [-0.39, 0.29) is 0 Å². The van der Waals surface area contributed by atoms with E-state index in [4.69, 9.17) is 11.6 Å². The molecule has 0 aliphatic carbocycles. The Morgan fingerprint density at radius 3 is 3.07 bits per heavy atom. The monoisotopic (exact) mass is 244 g/mol. The average molecular weight is 245 g/mol. The number of rotatable bonds is 4. The quantitative estimate of drug-likeness (QED) is 0.874. The van der Waals surface area contributed by atoms with Gasteiger partial charge >= 0.3 is 0 Å². The highest BCUT2D eigenvalue weighted by Crippen LogP contribution is 2.21. The van der Waals surface area contributed by atoms with Crippen molar-refractivity contribution in [2.24, 2.45) is 0 Å². The molecule has 1 aromatic heterocycles. The van der Waals surface area contributed by atoms with Crippen molar-refractivity contribution in [1.29, 1.82) is 0 Å². The maximum absolute atomic E-state index is 5.88. The minimum atomic E-state index is 0.686. The molecule has 0 spiro atoms. The minimum absolute atomic E-state index is 0.686. The Hall–Kier alpha value is -0.0900. The van der Waals surface area contributed by atoms with Crippen LogP contribution in [0.2, 0.25) is 4.34 Å². The van der Waals surface area contributed by atoms with Crippen LogP contribution in [-0.4, -0.2) is 37.6 Å². The van der Waals surface area contributed by atoms with Gasteiger partial charge in [-0.25, -0.2) is 0 Å². The number of hydrogen-bond donors (Lipinski definition) is 1. The lowest BCUT2D eigenvalue weighted by atomic mass is 10.2. The number of likely N-dealkylation sites (tertiary alicyclic amines) is 1. The van der Waals surface area contributed by atoms with Crippen LogP contribution in [0.4, 0.5) is 0 Å². The van der Waals surface area contributed by atoms with Crippen LogP contribution in [0.25, 0.3) is 0 Å². The van der Waals surface area contributed by atoms with E-state index < -0.39 is 0 Å². The molecular weight excluding hydrogens is 228 g/mol. The lowest BCUT2D eigenvalue weighted by Crippen LogP contribution is -2.32. The van der Waals surface area contributed by atoms with Gasteiger partial charge in [-0.05, 0) is 38.6 Å². The molecule has 0 saturated carbocycles. The Labute approximate surface area is 100 Å². The van der Waals surface area contributed by atoms with Gasteiger partial charge in [0, 0.05) is 24.0 Å². The highest BCUT2D eigenvalue weighted by Gasteiger charge is 2.18. The fourth-order valence-electron chi connectivity index (χ4n) is 1.99. The predicted octanol–water partition coefficient (Wildman–Crippen LogP) is 2.24. The molecule has 0 bridgehead atoms. The molecule has 84 valence electrons. The molecule has 1 aliphatic heterocycles. The largest absolute Gasteiger partial charge is 0.312 e. The van der Waals surface area contributed by atoms with Gasteiger partial charge in [0.1, 0.15) is 0 Å². The van der Waals surface area contributed by atoms with Gasteiger partial charge in [-0.1, -0.05) is 11.6 Å². The predicted molar refractivity (Wildman–Crippen MR) is 66.9 cm³/mol. The van der Waals surface area contributed by atoms with Crippen LogP contribution in [0.5, 0.6) is 0 Å². The zero-order chi connectivity index (χ0) is 10.7. The Morgan fingerprint density at radius 1 is 1.60 bits per heavy atom. The Morgan fingerprint density at radius 2 is 2.47 bits per heavy atom. The second-order valence-corrected chi connectivity index (χ2v) is 5.96. The molecule has 1 saturated heterocycles. The summed E-state index contributed by atoms with van der Waals surface area (Å²) in [4.78, 5) is 3.75. The van der Waals surface area contributed by atoms with Crippen LogP contribution in [0.3, 0.4) is 0 Å². The summed E-state index contributed by atoms with van der Waals surface area (Å²) < 4.78 is 0.894. The molecule has 4 heteroatoms. The number of halogens is 1. The summed E-state index contributed by atoms with van der Waals surface area (Å²) in [7, 11) is 2.18. The zero-order valence-corrected chi connectivity index (χ0v) is 10.6. The third kappa shape index (κ3) is 3.45. The van der Waals surface area contributed by atoms with E-state index in [0.717, 1.165) is 17.3 Å². The summed E-state index contributed by atoms with van der Waals surface area (Å²) in [5.74, 6) is 0. The van der Waals surface area contributed by atoms with Crippen molar-refractivity contribution in [2.45, 2.75) is 18.9 Å². The van der Waals surface area contributed by atoms with Crippen molar-refractivity contribution in [3.05, 3.63) is 21.3 Å². The van der Waals surface area contributed by atoms with Gasteiger partial charge in [0.2, 0.25) is 0 Å². The second kappa shape index (κ2) is 5.30. The van der Waals surface area contributed by atoms with E-state index in [9.17, 15) is 0 Å². The molecule has 1 aromatic rings. The fraction of sp³-hybridized carbons (Fsp3) is 0.636. The number of thiophene rings is 1. The number of nitrogens with one attached hydrogen (secondary N) is 1. The molecule has 1 aliphatic rings. The lowest BCUT2D eigenvalue weighted by Gasteiger charge is -2.11. The normalized spacial score (nSPS) is 22.4. The molecule has 2 nitrogen and oxygen atoms in total. The number of nitrogens with zero attached hydrogens (tertiary/aromatic N) is 1. The van der Waals surface area contributed by atoms with E-state index in [2.05, 4.69) is 23.3 Å². The van der Waals surface area contributed by atoms with E-state index >= 15 is 0 Å². The van der Waals surface area contributed by atoms with Gasteiger partial charge in [-0.15, -0.1) is 11.3 Å². The zero-order valence-electron chi connectivity index (χ0n) is 9.00. The summed E-state index contributed by atoms with van der Waals surface area (Å²) in [6.45, 7) is 3.48. The first-order chi connectivity index (χ1) is 7.24. The van der Waals surface area contributed by atoms with Crippen LogP contribution in [0.15, 0.2) is 12.1 Å². The molecule has 0 aromatic carbocycles. The summed E-state index contributed by atoms with van der Waals surface area (Å²) in [6.07, 6.45) is 2.37. The number of likely N-dealkylation sites (N-methyl/N-ethyl adjacent to an activating group) is 1. The van der Waals surface area contributed by atoms with E-state index in [1.165, 1.54) is 24.4 Å². The number of hydrogen-bond acceptors (Lipinski definition) is 3. The summed E-state index contributed by atoms with van der Waals surface area (Å²) >= 11 is 7.56. The highest BCUT2D eigenvalue weighted by atomic mass is 35.5. The lowest BCUT2D eigenvalue weighted by molar-refractivity contribution is 0.399. The van der Waals surface area contributed by atoms with Crippen molar-refractivity contribution in [2.75, 3.05) is 26.7 Å². The third-order valence-electron chi connectivity index (χ3n) is 2.82. The van der Waals surface area contributed by atoms with Crippen molar-refractivity contribution in [3.63, 3.8) is 0 Å². The standard InChI is InChI=1S/C11H17ClN2S/c1-14-7-5-9(8-14)13-6-4-10-2-3-11(12)15-10/h2-3,9,13H,4-8H2,1H3. The molecule has 0 radical (unpaired) electrons. The molecule has 15 heavy (non-hydrogen) atoms. The van der Waals surface area contributed by atoms with Gasteiger partial charge in [0.15, 0.2) is 0 Å². The molecule has 2 rings (SSSR count). The average Bonchev–Trinajstić information content (AvgIpc) is 2.76. The summed E-state index contributed by atoms with van der Waals surface area (Å²) in [6, 6.07) is 4.78. The van der Waals surface area contributed by atoms with Gasteiger partial charge in [0.05, 0.1) is 4.34 Å². The fourth-order valence-corrected chi connectivity index (χ4v) is 3.07. The molecule has 1 atom stereocenters. The second-order valence-electron chi connectivity index (χ2n) is 4.16. The molecule has 2 heterocycles. The SMILES string of the molecule is CN1CCC(NCCc2ccc(Cl)s2)C1. The molecule has 1 unspecified atom stereocenters. The van der Waals surface area contributed by atoms with Crippen LogP contribution in [0.1, 0.15) is 11.3 Å². The van der Waals surface area contributed by atoms with Gasteiger partial charge < -0.3 is 10.2 Å². The van der Waals surface area contributed by atoms with E-state index in [1.54, 1.807) is 11.3 Å². The van der Waals surface area contributed by atoms with Crippen molar-refractivity contribution in [1.82, 2.24) is 10.2 Å². The Bertz CT molecular complexity index is 313. The molecular formula is C11H17ClN2S. The topological polar surface area (TPSA) is 15.3 Å². The van der Waals surface area contributed by atoms with Crippen LogP contribution >= 0.6 is 22.9 Å². The maximum atomic E-state index is 5.88. The van der Waals surface area contributed by atoms with E-state index in [0.29, 0.717) is 6.04 Å². The van der Waals surface area contributed by atoms with Gasteiger partial charge in [-0.3, -0.25) is 0 Å². The highest BCUT2D eigenvalue weighted by molar-refractivity contribution is 7.16. The van der Waals surface area contributed by atoms with Crippen LogP contribution in [0, 0.1) is 0 Å². The van der Waals surface area contributed by atoms with Crippen molar-refractivity contribution >= 4 is 22.9 Å². The maximum Gasteiger partial charge on any atom is 0.0931 e. The molecule has 1 N–H and O–H groups in total. The molecule has 0 amide bonds. The minimum Gasteiger partial charge on any atom is -0.312 e. The molecule has 1 fully saturated rings.